The van der Waals surface area contributed by atoms with E-state index in [-0.39, 0.29) is 24.7 Å². The molecule has 0 radical (unpaired) electrons. The van der Waals surface area contributed by atoms with Crippen LogP contribution in [0, 0.1) is 6.92 Å². The van der Waals surface area contributed by atoms with Crippen LogP contribution in [0.15, 0.2) is 30.5 Å². The summed E-state index contributed by atoms with van der Waals surface area (Å²) in [6.45, 7) is 5.39. The highest BCUT2D eigenvalue weighted by molar-refractivity contribution is 5.90. The van der Waals surface area contributed by atoms with E-state index < -0.39 is 5.41 Å². The number of rotatable bonds is 8. The van der Waals surface area contributed by atoms with Crippen LogP contribution in [-0.2, 0) is 23.4 Å². The van der Waals surface area contributed by atoms with E-state index >= 15 is 0 Å². The van der Waals surface area contributed by atoms with Crippen LogP contribution in [0.3, 0.4) is 0 Å². The second-order valence-electron chi connectivity index (χ2n) is 7.97. The van der Waals surface area contributed by atoms with Crippen molar-refractivity contribution in [3.05, 3.63) is 52.8 Å². The molecule has 0 bridgehead atoms. The summed E-state index contributed by atoms with van der Waals surface area (Å²) in [5, 5.41) is 19.8. The number of aryl methyl sites for hydroxylation is 1. The van der Waals surface area contributed by atoms with Gasteiger partial charge in [-0.25, -0.2) is 0 Å². The SMILES string of the molecule is CCC(=O)C1(c2cccc(ONCc3c(CO)cnc(C)c3O)c2)CCN(C)CC1. The number of likely N-dealkylation sites (tertiary alicyclic amines) is 1. The van der Waals surface area contributed by atoms with Crippen LogP contribution >= 0.6 is 0 Å². The number of nitrogens with one attached hydrogen (secondary N) is 1. The quantitative estimate of drug-likeness (QED) is 0.573. The second kappa shape index (κ2) is 9.55. The molecule has 2 aromatic rings. The number of aromatic hydroxyl groups is 1. The molecule has 0 aliphatic carbocycles. The van der Waals surface area contributed by atoms with Crippen molar-refractivity contribution < 1.29 is 19.8 Å². The third kappa shape index (κ3) is 4.48. The van der Waals surface area contributed by atoms with Crippen LogP contribution in [0.5, 0.6) is 11.5 Å². The van der Waals surface area contributed by atoms with Gasteiger partial charge < -0.3 is 20.0 Å². The number of aromatic nitrogens is 1. The molecule has 1 aromatic heterocycles. The molecular formula is C23H31N3O4. The van der Waals surface area contributed by atoms with E-state index in [1.165, 1.54) is 0 Å². The average Bonchev–Trinajstić information content (AvgIpc) is 2.77. The Morgan fingerprint density at radius 2 is 2.07 bits per heavy atom. The first-order chi connectivity index (χ1) is 14.4. The lowest BCUT2D eigenvalue weighted by Crippen LogP contribution is -2.46. The zero-order valence-corrected chi connectivity index (χ0v) is 17.9. The summed E-state index contributed by atoms with van der Waals surface area (Å²) in [6, 6.07) is 7.67. The normalized spacial score (nSPS) is 16.4. The molecule has 7 nitrogen and oxygen atoms in total. The molecule has 30 heavy (non-hydrogen) atoms. The molecule has 0 saturated carbocycles. The van der Waals surface area contributed by atoms with Gasteiger partial charge in [0.05, 0.1) is 24.3 Å². The fourth-order valence-corrected chi connectivity index (χ4v) is 4.13. The number of hydroxylamine groups is 1. The Balaban J connectivity index is 1.76. The number of ketones is 1. The molecule has 0 spiro atoms. The zero-order chi connectivity index (χ0) is 21.7. The van der Waals surface area contributed by atoms with E-state index in [9.17, 15) is 15.0 Å². The Labute approximate surface area is 177 Å². The maximum Gasteiger partial charge on any atom is 0.147 e. The average molecular weight is 414 g/mol. The van der Waals surface area contributed by atoms with Gasteiger partial charge in [-0.1, -0.05) is 19.1 Å². The number of hydrogen-bond acceptors (Lipinski definition) is 7. The molecule has 1 aromatic carbocycles. The van der Waals surface area contributed by atoms with Crippen molar-refractivity contribution in [3.63, 3.8) is 0 Å². The van der Waals surface area contributed by atoms with Crippen molar-refractivity contribution in [1.82, 2.24) is 15.4 Å². The molecule has 2 heterocycles. The third-order valence-corrected chi connectivity index (χ3v) is 6.12. The van der Waals surface area contributed by atoms with Gasteiger partial charge in [0, 0.05) is 23.7 Å². The van der Waals surface area contributed by atoms with Crippen LogP contribution in [0.1, 0.15) is 48.6 Å². The molecule has 0 unspecified atom stereocenters. The molecule has 7 heteroatoms. The Morgan fingerprint density at radius 3 is 2.73 bits per heavy atom. The number of Topliss-reactive ketones (excluding diaryl/α,β-unsaturated/α-hetero) is 1. The van der Waals surface area contributed by atoms with E-state index in [0.29, 0.717) is 29.0 Å². The van der Waals surface area contributed by atoms with Gasteiger partial charge in [-0.2, -0.15) is 5.48 Å². The van der Waals surface area contributed by atoms with Crippen molar-refractivity contribution >= 4 is 5.78 Å². The van der Waals surface area contributed by atoms with Crippen molar-refractivity contribution in [1.29, 1.82) is 0 Å². The lowest BCUT2D eigenvalue weighted by molar-refractivity contribution is -0.126. The summed E-state index contributed by atoms with van der Waals surface area (Å²) < 4.78 is 0. The lowest BCUT2D eigenvalue weighted by Gasteiger charge is -2.40. The van der Waals surface area contributed by atoms with Gasteiger partial charge in [0.15, 0.2) is 0 Å². The first-order valence-corrected chi connectivity index (χ1v) is 10.4. The van der Waals surface area contributed by atoms with Crippen LogP contribution in [-0.4, -0.2) is 46.0 Å². The highest BCUT2D eigenvalue weighted by atomic mass is 16.6. The number of nitrogens with zero attached hydrogens (tertiary/aromatic N) is 2. The van der Waals surface area contributed by atoms with Gasteiger partial charge in [0.25, 0.3) is 0 Å². The molecule has 1 fully saturated rings. The molecular weight excluding hydrogens is 382 g/mol. The molecule has 0 atom stereocenters. The smallest absolute Gasteiger partial charge is 0.147 e. The van der Waals surface area contributed by atoms with E-state index in [1.807, 2.05) is 31.2 Å². The number of hydrogen-bond donors (Lipinski definition) is 3. The minimum Gasteiger partial charge on any atom is -0.506 e. The maximum absolute atomic E-state index is 12.9. The number of aliphatic hydroxyl groups excluding tert-OH is 1. The monoisotopic (exact) mass is 413 g/mol. The Morgan fingerprint density at radius 1 is 1.33 bits per heavy atom. The van der Waals surface area contributed by atoms with Crippen molar-refractivity contribution in [2.24, 2.45) is 0 Å². The molecule has 1 aliphatic heterocycles. The van der Waals surface area contributed by atoms with Crippen molar-refractivity contribution in [2.45, 2.75) is 51.7 Å². The van der Waals surface area contributed by atoms with E-state index in [4.69, 9.17) is 4.84 Å². The van der Waals surface area contributed by atoms with Crippen LogP contribution < -0.4 is 10.3 Å². The Hall–Kier alpha value is -2.48. The van der Waals surface area contributed by atoms with E-state index in [1.54, 1.807) is 13.1 Å². The van der Waals surface area contributed by atoms with Gasteiger partial charge in [-0.05, 0) is 57.6 Å². The van der Waals surface area contributed by atoms with E-state index in [0.717, 1.165) is 31.5 Å². The molecule has 0 amide bonds. The second-order valence-corrected chi connectivity index (χ2v) is 7.97. The van der Waals surface area contributed by atoms with Gasteiger partial charge in [0.1, 0.15) is 17.3 Å². The summed E-state index contributed by atoms with van der Waals surface area (Å²) in [4.78, 5) is 25.0. The molecule has 1 saturated heterocycles. The predicted molar refractivity (Wildman–Crippen MR) is 114 cm³/mol. The lowest BCUT2D eigenvalue weighted by atomic mass is 9.69. The first-order valence-electron chi connectivity index (χ1n) is 10.4. The topological polar surface area (TPSA) is 94.9 Å². The van der Waals surface area contributed by atoms with Crippen LogP contribution in [0.4, 0.5) is 0 Å². The fourth-order valence-electron chi connectivity index (χ4n) is 4.13. The van der Waals surface area contributed by atoms with Crippen molar-refractivity contribution in [2.75, 3.05) is 20.1 Å². The summed E-state index contributed by atoms with van der Waals surface area (Å²) in [6.07, 6.45) is 3.67. The fraction of sp³-hybridized carbons (Fsp3) is 0.478. The maximum atomic E-state index is 12.9. The number of piperidine rings is 1. The van der Waals surface area contributed by atoms with Gasteiger partial charge in [0.2, 0.25) is 0 Å². The van der Waals surface area contributed by atoms with Gasteiger partial charge in [-0.15, -0.1) is 0 Å². The molecule has 3 N–H and O–H groups in total. The van der Waals surface area contributed by atoms with Gasteiger partial charge >= 0.3 is 0 Å². The van der Waals surface area contributed by atoms with Crippen molar-refractivity contribution in [3.8, 4) is 11.5 Å². The third-order valence-electron chi connectivity index (χ3n) is 6.12. The molecule has 3 rings (SSSR count). The standard InChI is InChI=1S/C23H31N3O4/c1-4-21(28)23(8-10-26(3)11-9-23)18-6-5-7-19(12-18)30-25-14-20-17(15-27)13-24-16(2)22(20)29/h5-7,12-13,25,27,29H,4,8-11,14-15H2,1-3H3. The number of carbonyl (C=O) groups excluding carboxylic acids is 1. The van der Waals surface area contributed by atoms with Crippen LogP contribution in [0.2, 0.25) is 0 Å². The molecule has 1 aliphatic rings. The minimum absolute atomic E-state index is 0.0465. The Bertz CT molecular complexity index is 892. The minimum atomic E-state index is -0.467. The highest BCUT2D eigenvalue weighted by Crippen LogP contribution is 2.38. The summed E-state index contributed by atoms with van der Waals surface area (Å²) in [7, 11) is 2.08. The number of pyridine rings is 1. The Kier molecular flexibility index (Phi) is 7.07. The largest absolute Gasteiger partial charge is 0.506 e. The predicted octanol–water partition coefficient (Wildman–Crippen LogP) is 2.61. The van der Waals surface area contributed by atoms with Crippen LogP contribution in [0.25, 0.3) is 0 Å². The highest BCUT2D eigenvalue weighted by Gasteiger charge is 2.41. The first kappa shape index (κ1) is 22.2. The summed E-state index contributed by atoms with van der Waals surface area (Å²) >= 11 is 0. The van der Waals surface area contributed by atoms with Gasteiger partial charge in [-0.3, -0.25) is 9.78 Å². The summed E-state index contributed by atoms with van der Waals surface area (Å²) in [5.74, 6) is 0.918. The number of benzene rings is 1. The summed E-state index contributed by atoms with van der Waals surface area (Å²) in [5.41, 5.74) is 4.97. The molecule has 162 valence electrons. The number of carbonyl (C=O) groups is 1. The van der Waals surface area contributed by atoms with E-state index in [2.05, 4.69) is 22.4 Å². The number of aliphatic hydroxyl groups is 1. The zero-order valence-electron chi connectivity index (χ0n) is 17.9.